The Kier molecular flexibility index (Phi) is 5.85. The van der Waals surface area contributed by atoms with E-state index in [-0.39, 0.29) is 10.7 Å². The lowest BCUT2D eigenvalue weighted by molar-refractivity contribution is 0.0988. The Morgan fingerprint density at radius 3 is 2.58 bits per heavy atom. The summed E-state index contributed by atoms with van der Waals surface area (Å²) in [5.41, 5.74) is 1.68. The summed E-state index contributed by atoms with van der Waals surface area (Å²) >= 11 is 1.25. The van der Waals surface area contributed by atoms with E-state index < -0.39 is 0 Å². The fourth-order valence-corrected chi connectivity index (χ4v) is 4.42. The molecule has 0 aliphatic carbocycles. The van der Waals surface area contributed by atoms with Crippen molar-refractivity contribution in [3.05, 3.63) is 33.4 Å². The molecule has 0 radical (unpaired) electrons. The lowest BCUT2D eigenvalue weighted by atomic mass is 10.1. The molecule has 2 aromatic rings. The second-order valence-corrected chi connectivity index (χ2v) is 7.58. The molecular formula is C19H26N2O2S. The van der Waals surface area contributed by atoms with Gasteiger partial charge in [-0.2, -0.15) is 0 Å². The van der Waals surface area contributed by atoms with Gasteiger partial charge in [0.2, 0.25) is 0 Å². The van der Waals surface area contributed by atoms with E-state index in [1.165, 1.54) is 50.1 Å². The Labute approximate surface area is 147 Å². The van der Waals surface area contributed by atoms with Crippen LogP contribution in [0.1, 0.15) is 55.8 Å². The van der Waals surface area contributed by atoms with Gasteiger partial charge in [-0.25, -0.2) is 0 Å². The largest absolute Gasteiger partial charge is 0.308 e. The van der Waals surface area contributed by atoms with Gasteiger partial charge in [-0.05, 0) is 57.1 Å². The summed E-state index contributed by atoms with van der Waals surface area (Å²) in [4.78, 5) is 26.8. The standard InChI is InChI=1S/C19H26N2O2S/c1-2-17(22)15-8-9-16-18(14-15)24-19(23)21(16)13-7-12-20-10-5-3-4-6-11-20/h8-9,14H,2-7,10-13H2,1H3. The molecule has 0 unspecified atom stereocenters. The maximum Gasteiger partial charge on any atom is 0.308 e. The van der Waals surface area contributed by atoms with Gasteiger partial charge in [-0.1, -0.05) is 31.1 Å². The van der Waals surface area contributed by atoms with E-state index in [0.717, 1.165) is 29.7 Å². The summed E-state index contributed by atoms with van der Waals surface area (Å²) in [6.07, 6.45) is 6.80. The van der Waals surface area contributed by atoms with E-state index in [2.05, 4.69) is 4.90 Å². The SMILES string of the molecule is CCC(=O)c1ccc2c(c1)sc(=O)n2CCCN1CCCCCC1. The number of thiazole rings is 1. The predicted octanol–water partition coefficient (Wildman–Crippen LogP) is 3.92. The molecule has 0 amide bonds. The highest BCUT2D eigenvalue weighted by Gasteiger charge is 2.12. The van der Waals surface area contributed by atoms with Gasteiger partial charge in [0.25, 0.3) is 0 Å². The predicted molar refractivity (Wildman–Crippen MR) is 100 cm³/mol. The van der Waals surface area contributed by atoms with Crippen LogP contribution in [0.2, 0.25) is 0 Å². The van der Waals surface area contributed by atoms with E-state index in [4.69, 9.17) is 0 Å². The number of hydrogen-bond acceptors (Lipinski definition) is 4. The van der Waals surface area contributed by atoms with Gasteiger partial charge in [0.05, 0.1) is 10.2 Å². The molecule has 130 valence electrons. The third kappa shape index (κ3) is 3.95. The minimum absolute atomic E-state index is 0.0852. The molecule has 24 heavy (non-hydrogen) atoms. The first-order valence-electron chi connectivity index (χ1n) is 9.08. The van der Waals surface area contributed by atoms with Gasteiger partial charge < -0.3 is 4.90 Å². The summed E-state index contributed by atoms with van der Waals surface area (Å²) in [6, 6.07) is 5.66. The number of rotatable bonds is 6. The number of nitrogens with zero attached hydrogens (tertiary/aromatic N) is 2. The average molecular weight is 346 g/mol. The van der Waals surface area contributed by atoms with Crippen LogP contribution < -0.4 is 4.87 Å². The third-order valence-electron chi connectivity index (χ3n) is 4.87. The van der Waals surface area contributed by atoms with E-state index in [1.807, 2.05) is 29.7 Å². The molecule has 1 saturated heterocycles. The van der Waals surface area contributed by atoms with E-state index in [9.17, 15) is 9.59 Å². The number of hydrogen-bond donors (Lipinski definition) is 0. The van der Waals surface area contributed by atoms with Crippen LogP contribution in [0, 0.1) is 0 Å². The zero-order valence-electron chi connectivity index (χ0n) is 14.4. The zero-order valence-corrected chi connectivity index (χ0v) is 15.2. The van der Waals surface area contributed by atoms with E-state index in [0.29, 0.717) is 12.0 Å². The van der Waals surface area contributed by atoms with Gasteiger partial charge in [-0.3, -0.25) is 14.2 Å². The number of fused-ring (bicyclic) bond motifs is 1. The number of aromatic nitrogens is 1. The highest BCUT2D eigenvalue weighted by atomic mass is 32.1. The number of benzene rings is 1. The van der Waals surface area contributed by atoms with Crippen LogP contribution >= 0.6 is 11.3 Å². The molecule has 0 atom stereocenters. The molecule has 1 aromatic heterocycles. The molecule has 0 bridgehead atoms. The number of likely N-dealkylation sites (tertiary alicyclic amines) is 1. The van der Waals surface area contributed by atoms with Crippen LogP contribution in [-0.4, -0.2) is 34.9 Å². The van der Waals surface area contributed by atoms with E-state index in [1.54, 1.807) is 0 Å². The maximum atomic E-state index is 12.3. The van der Waals surface area contributed by atoms with Gasteiger partial charge >= 0.3 is 4.87 Å². The molecule has 1 aromatic carbocycles. The van der Waals surface area contributed by atoms with Crippen molar-refractivity contribution in [3.63, 3.8) is 0 Å². The van der Waals surface area contributed by atoms with Crippen LogP contribution in [0.4, 0.5) is 0 Å². The lowest BCUT2D eigenvalue weighted by Gasteiger charge is -2.19. The highest BCUT2D eigenvalue weighted by Crippen LogP contribution is 2.20. The van der Waals surface area contributed by atoms with Crippen molar-refractivity contribution in [2.75, 3.05) is 19.6 Å². The fraction of sp³-hybridized carbons (Fsp3) is 0.579. The van der Waals surface area contributed by atoms with Crippen molar-refractivity contribution in [1.82, 2.24) is 9.47 Å². The van der Waals surface area contributed by atoms with Crippen molar-refractivity contribution in [2.24, 2.45) is 0 Å². The Balaban J connectivity index is 1.69. The molecule has 1 fully saturated rings. The molecule has 3 rings (SSSR count). The molecule has 4 nitrogen and oxygen atoms in total. The number of Topliss-reactive ketones (excluding diaryl/α,β-unsaturated/α-hetero) is 1. The monoisotopic (exact) mass is 346 g/mol. The molecule has 5 heteroatoms. The van der Waals surface area contributed by atoms with Gasteiger partial charge in [0.1, 0.15) is 0 Å². The lowest BCUT2D eigenvalue weighted by Crippen LogP contribution is -2.27. The van der Waals surface area contributed by atoms with Crippen LogP contribution in [-0.2, 0) is 6.54 Å². The average Bonchev–Trinajstić information content (AvgIpc) is 2.77. The maximum absolute atomic E-state index is 12.3. The third-order valence-corrected chi connectivity index (χ3v) is 5.81. The molecule has 1 aliphatic rings. The first kappa shape index (κ1) is 17.4. The quantitative estimate of drug-likeness (QED) is 0.745. The van der Waals surface area contributed by atoms with E-state index >= 15 is 0 Å². The van der Waals surface area contributed by atoms with Crippen LogP contribution in [0.5, 0.6) is 0 Å². The van der Waals surface area contributed by atoms with Crippen molar-refractivity contribution in [2.45, 2.75) is 52.0 Å². The zero-order chi connectivity index (χ0) is 16.9. The Morgan fingerprint density at radius 2 is 1.88 bits per heavy atom. The molecule has 0 N–H and O–H groups in total. The van der Waals surface area contributed by atoms with Gasteiger partial charge in [-0.15, -0.1) is 0 Å². The fourth-order valence-electron chi connectivity index (χ4n) is 3.47. The summed E-state index contributed by atoms with van der Waals surface area (Å²) in [6.45, 7) is 6.08. The van der Waals surface area contributed by atoms with Crippen LogP contribution in [0.3, 0.4) is 0 Å². The summed E-state index contributed by atoms with van der Waals surface area (Å²) < 4.78 is 2.80. The van der Waals surface area contributed by atoms with Crippen LogP contribution in [0.15, 0.2) is 23.0 Å². The number of aryl methyl sites for hydroxylation is 1. The topological polar surface area (TPSA) is 42.3 Å². The van der Waals surface area contributed by atoms with Crippen molar-refractivity contribution < 1.29 is 4.79 Å². The molecule has 0 spiro atoms. The Bertz CT molecular complexity index is 754. The molecule has 2 heterocycles. The summed E-state index contributed by atoms with van der Waals surface area (Å²) in [5.74, 6) is 0.130. The van der Waals surface area contributed by atoms with Crippen molar-refractivity contribution in [3.8, 4) is 0 Å². The first-order valence-corrected chi connectivity index (χ1v) is 9.89. The highest BCUT2D eigenvalue weighted by molar-refractivity contribution is 7.16. The second kappa shape index (κ2) is 8.08. The first-order chi connectivity index (χ1) is 11.7. The number of carbonyl (C=O) groups is 1. The van der Waals surface area contributed by atoms with Crippen molar-refractivity contribution >= 4 is 27.3 Å². The number of ketones is 1. The minimum Gasteiger partial charge on any atom is -0.303 e. The van der Waals surface area contributed by atoms with Gasteiger partial charge in [0.15, 0.2) is 5.78 Å². The van der Waals surface area contributed by atoms with Crippen molar-refractivity contribution in [1.29, 1.82) is 0 Å². The van der Waals surface area contributed by atoms with Gasteiger partial charge in [0, 0.05) is 18.5 Å². The van der Waals surface area contributed by atoms with Crippen LogP contribution in [0.25, 0.3) is 10.2 Å². The number of carbonyl (C=O) groups excluding carboxylic acids is 1. The summed E-state index contributed by atoms with van der Waals surface area (Å²) in [5, 5.41) is 0. The molecule has 1 aliphatic heterocycles. The molecule has 0 saturated carbocycles. The summed E-state index contributed by atoms with van der Waals surface area (Å²) in [7, 11) is 0. The normalized spacial score (nSPS) is 16.4. The second-order valence-electron chi connectivity index (χ2n) is 6.59. The Hall–Kier alpha value is -1.46. The minimum atomic E-state index is 0.0852. The Morgan fingerprint density at radius 1 is 1.12 bits per heavy atom. The molecular weight excluding hydrogens is 320 g/mol. The smallest absolute Gasteiger partial charge is 0.303 e.